The number of oxazole rings is 1. The van der Waals surface area contributed by atoms with Gasteiger partial charge in [0.05, 0.1) is 12.2 Å². The molecule has 3 N–H and O–H groups in total. The van der Waals surface area contributed by atoms with Crippen LogP contribution in [0.4, 0.5) is 5.69 Å². The number of nitrogens with two attached hydrogens (primary N) is 1. The van der Waals surface area contributed by atoms with Gasteiger partial charge in [0, 0.05) is 11.3 Å². The minimum absolute atomic E-state index is 0. The molecule has 1 aromatic heterocycles. The van der Waals surface area contributed by atoms with E-state index in [4.69, 9.17) is 10.2 Å². The Balaban J connectivity index is 0.00000220. The minimum atomic E-state index is -0.493. The Bertz CT molecular complexity index is 563. The summed E-state index contributed by atoms with van der Waals surface area (Å²) in [5, 5.41) is 2.81. The summed E-state index contributed by atoms with van der Waals surface area (Å²) in [5.74, 6) is 1.21. The van der Waals surface area contributed by atoms with Crippen molar-refractivity contribution in [2.24, 2.45) is 5.73 Å². The van der Waals surface area contributed by atoms with E-state index in [9.17, 15) is 4.79 Å². The van der Waals surface area contributed by atoms with Crippen molar-refractivity contribution in [1.29, 1.82) is 0 Å². The molecule has 0 radical (unpaired) electrons. The van der Waals surface area contributed by atoms with Gasteiger partial charge in [0.15, 0.2) is 0 Å². The van der Waals surface area contributed by atoms with Crippen molar-refractivity contribution in [2.45, 2.75) is 12.5 Å². The van der Waals surface area contributed by atoms with Gasteiger partial charge < -0.3 is 15.5 Å². The molecule has 0 aliphatic rings. The summed E-state index contributed by atoms with van der Waals surface area (Å²) >= 11 is 1.67. The summed E-state index contributed by atoms with van der Waals surface area (Å²) in [5.41, 5.74) is 7.32. The molecule has 0 fully saturated rings. The number of carbonyl (C=O) groups excluding carboxylic acids is 1. The van der Waals surface area contributed by atoms with E-state index in [0.717, 1.165) is 11.3 Å². The number of rotatable bonds is 6. The van der Waals surface area contributed by atoms with Crippen LogP contribution in [0.5, 0.6) is 0 Å². The molecule has 0 spiro atoms. The minimum Gasteiger partial charge on any atom is -0.445 e. The van der Waals surface area contributed by atoms with Crippen molar-refractivity contribution in [3.05, 3.63) is 36.7 Å². The molecule has 0 bridgehead atoms. The van der Waals surface area contributed by atoms with Crippen LogP contribution < -0.4 is 11.1 Å². The Morgan fingerprint density at radius 3 is 3.00 bits per heavy atom. The summed E-state index contributed by atoms with van der Waals surface area (Å²) in [6.07, 6.45) is 5.74. The lowest BCUT2D eigenvalue weighted by atomic mass is 10.2. The highest BCUT2D eigenvalue weighted by atomic mass is 35.5. The molecular formula is C14H18ClN3O2S. The maximum absolute atomic E-state index is 11.9. The molecule has 1 aromatic carbocycles. The first kappa shape index (κ1) is 17.6. The van der Waals surface area contributed by atoms with Crippen molar-refractivity contribution in [1.82, 2.24) is 4.98 Å². The van der Waals surface area contributed by atoms with E-state index in [2.05, 4.69) is 10.3 Å². The molecule has 0 aliphatic heterocycles. The van der Waals surface area contributed by atoms with E-state index in [0.29, 0.717) is 18.0 Å². The molecule has 1 unspecified atom stereocenters. The van der Waals surface area contributed by atoms with Gasteiger partial charge in [-0.05, 0) is 36.6 Å². The van der Waals surface area contributed by atoms with E-state index in [1.807, 2.05) is 30.5 Å². The highest BCUT2D eigenvalue weighted by molar-refractivity contribution is 7.98. The molecule has 0 saturated heterocycles. The van der Waals surface area contributed by atoms with E-state index in [1.165, 1.54) is 6.26 Å². The van der Waals surface area contributed by atoms with E-state index in [-0.39, 0.29) is 18.3 Å². The second kappa shape index (κ2) is 8.71. The maximum atomic E-state index is 11.9. The third kappa shape index (κ3) is 5.08. The molecule has 0 aliphatic carbocycles. The molecule has 114 valence electrons. The van der Waals surface area contributed by atoms with Crippen LogP contribution in [0.1, 0.15) is 6.42 Å². The van der Waals surface area contributed by atoms with Gasteiger partial charge in [-0.15, -0.1) is 12.4 Å². The predicted octanol–water partition coefficient (Wildman–Crippen LogP) is 2.78. The number of hydrogen-bond donors (Lipinski definition) is 2. The maximum Gasteiger partial charge on any atom is 0.241 e. The fourth-order valence-corrected chi connectivity index (χ4v) is 2.20. The first-order valence-electron chi connectivity index (χ1n) is 6.26. The van der Waals surface area contributed by atoms with Crippen LogP contribution >= 0.6 is 24.2 Å². The Kier molecular flexibility index (Phi) is 7.28. The quantitative estimate of drug-likeness (QED) is 0.852. The lowest BCUT2D eigenvalue weighted by Crippen LogP contribution is -2.36. The number of thioether (sulfide) groups is 1. The Morgan fingerprint density at radius 1 is 1.52 bits per heavy atom. The smallest absolute Gasteiger partial charge is 0.241 e. The highest BCUT2D eigenvalue weighted by Gasteiger charge is 2.13. The van der Waals surface area contributed by atoms with Gasteiger partial charge in [-0.1, -0.05) is 6.07 Å². The zero-order chi connectivity index (χ0) is 14.4. The normalized spacial score (nSPS) is 11.5. The van der Waals surface area contributed by atoms with Gasteiger partial charge in [-0.2, -0.15) is 11.8 Å². The molecule has 0 saturated carbocycles. The van der Waals surface area contributed by atoms with Crippen molar-refractivity contribution >= 4 is 35.8 Å². The van der Waals surface area contributed by atoms with E-state index in [1.54, 1.807) is 18.0 Å². The molecule has 7 heteroatoms. The fourth-order valence-electron chi connectivity index (χ4n) is 1.71. The largest absolute Gasteiger partial charge is 0.445 e. The summed E-state index contributed by atoms with van der Waals surface area (Å²) < 4.78 is 5.23. The average Bonchev–Trinajstić information content (AvgIpc) is 2.99. The summed E-state index contributed by atoms with van der Waals surface area (Å²) in [7, 11) is 0. The monoisotopic (exact) mass is 327 g/mol. The van der Waals surface area contributed by atoms with Gasteiger partial charge in [0.1, 0.15) is 6.26 Å². The average molecular weight is 328 g/mol. The summed E-state index contributed by atoms with van der Waals surface area (Å²) in [6, 6.07) is 6.84. The van der Waals surface area contributed by atoms with Gasteiger partial charge in [-0.3, -0.25) is 4.79 Å². The Morgan fingerprint density at radius 2 is 2.33 bits per heavy atom. The van der Waals surface area contributed by atoms with Crippen LogP contribution in [-0.4, -0.2) is 28.9 Å². The zero-order valence-electron chi connectivity index (χ0n) is 11.6. The zero-order valence-corrected chi connectivity index (χ0v) is 13.2. The fraction of sp³-hybridized carbons (Fsp3) is 0.286. The SMILES string of the molecule is CSCCC(N)C(=O)Nc1cccc(-c2ncco2)c1.Cl. The van der Waals surface area contributed by atoms with Crippen molar-refractivity contribution in [2.75, 3.05) is 17.3 Å². The number of hydrogen-bond acceptors (Lipinski definition) is 5. The van der Waals surface area contributed by atoms with Crippen LogP contribution in [0.25, 0.3) is 11.5 Å². The lowest BCUT2D eigenvalue weighted by Gasteiger charge is -2.12. The molecule has 21 heavy (non-hydrogen) atoms. The molecule has 1 atom stereocenters. The molecule has 2 aromatic rings. The number of carbonyl (C=O) groups is 1. The second-order valence-electron chi connectivity index (χ2n) is 4.30. The third-order valence-electron chi connectivity index (χ3n) is 2.78. The third-order valence-corrected chi connectivity index (χ3v) is 3.42. The Hall–Kier alpha value is -1.50. The van der Waals surface area contributed by atoms with Crippen LogP contribution in [0.2, 0.25) is 0 Å². The van der Waals surface area contributed by atoms with Gasteiger partial charge in [-0.25, -0.2) is 4.98 Å². The second-order valence-corrected chi connectivity index (χ2v) is 5.28. The van der Waals surface area contributed by atoms with E-state index >= 15 is 0 Å². The number of amides is 1. The molecular weight excluding hydrogens is 310 g/mol. The molecule has 5 nitrogen and oxygen atoms in total. The van der Waals surface area contributed by atoms with E-state index < -0.39 is 6.04 Å². The number of halogens is 1. The molecule has 1 heterocycles. The Labute approximate surface area is 134 Å². The van der Waals surface area contributed by atoms with Crippen LogP contribution in [0.15, 0.2) is 41.1 Å². The van der Waals surface area contributed by atoms with Crippen LogP contribution in [0, 0.1) is 0 Å². The van der Waals surface area contributed by atoms with Crippen molar-refractivity contribution < 1.29 is 9.21 Å². The first-order valence-corrected chi connectivity index (χ1v) is 7.65. The lowest BCUT2D eigenvalue weighted by molar-refractivity contribution is -0.117. The predicted molar refractivity (Wildman–Crippen MR) is 88.8 cm³/mol. The van der Waals surface area contributed by atoms with Crippen LogP contribution in [-0.2, 0) is 4.79 Å². The van der Waals surface area contributed by atoms with Gasteiger partial charge in [0.2, 0.25) is 11.8 Å². The topological polar surface area (TPSA) is 81.2 Å². The van der Waals surface area contributed by atoms with Crippen LogP contribution in [0.3, 0.4) is 0 Å². The standard InChI is InChI=1S/C14H17N3O2S.ClH/c1-20-8-5-12(15)13(18)17-11-4-2-3-10(9-11)14-16-6-7-19-14;/h2-4,6-7,9,12H,5,8,15H2,1H3,(H,17,18);1H. The number of aromatic nitrogens is 1. The summed E-state index contributed by atoms with van der Waals surface area (Å²) in [4.78, 5) is 16.0. The number of anilines is 1. The molecule has 1 amide bonds. The van der Waals surface area contributed by atoms with Gasteiger partial charge >= 0.3 is 0 Å². The first-order chi connectivity index (χ1) is 9.70. The highest BCUT2D eigenvalue weighted by Crippen LogP contribution is 2.21. The number of nitrogens with one attached hydrogen (secondary N) is 1. The van der Waals surface area contributed by atoms with Crippen molar-refractivity contribution in [3.8, 4) is 11.5 Å². The summed E-state index contributed by atoms with van der Waals surface area (Å²) in [6.45, 7) is 0. The number of nitrogens with zero attached hydrogens (tertiary/aromatic N) is 1. The van der Waals surface area contributed by atoms with Crippen molar-refractivity contribution in [3.63, 3.8) is 0 Å². The molecule has 2 rings (SSSR count). The van der Waals surface area contributed by atoms with Gasteiger partial charge in [0.25, 0.3) is 0 Å². The number of benzene rings is 1.